The summed E-state index contributed by atoms with van der Waals surface area (Å²) in [6.07, 6.45) is 2.04. The number of aliphatic carboxylic acids is 1. The Morgan fingerprint density at radius 1 is 1.28 bits per heavy atom. The van der Waals surface area contributed by atoms with E-state index in [0.29, 0.717) is 11.5 Å². The van der Waals surface area contributed by atoms with Gasteiger partial charge in [0, 0.05) is 5.41 Å². The number of benzene rings is 1. The maximum absolute atomic E-state index is 11.0. The van der Waals surface area contributed by atoms with Gasteiger partial charge >= 0.3 is 5.97 Å². The highest BCUT2D eigenvalue weighted by Crippen LogP contribution is 2.53. The molecular formula is C14H18O4. The summed E-state index contributed by atoms with van der Waals surface area (Å²) in [7, 11) is 3.19. The van der Waals surface area contributed by atoms with Crippen LogP contribution in [0.1, 0.15) is 30.4 Å². The molecule has 0 aromatic heterocycles. The highest BCUT2D eigenvalue weighted by molar-refractivity contribution is 5.70. The SMILES string of the molecule is COc1cc(C)c(C2(CC(=O)O)CC2)cc1OC. The highest BCUT2D eigenvalue weighted by Gasteiger charge is 2.47. The summed E-state index contributed by atoms with van der Waals surface area (Å²) in [5.74, 6) is 0.598. The number of rotatable bonds is 5. The lowest BCUT2D eigenvalue weighted by atomic mass is 9.88. The lowest BCUT2D eigenvalue weighted by molar-refractivity contribution is -0.137. The number of aryl methyl sites for hydroxylation is 1. The summed E-state index contributed by atoms with van der Waals surface area (Å²) in [4.78, 5) is 11.0. The largest absolute Gasteiger partial charge is 0.493 e. The van der Waals surface area contributed by atoms with Gasteiger partial charge in [-0.25, -0.2) is 0 Å². The molecule has 0 heterocycles. The van der Waals surface area contributed by atoms with E-state index >= 15 is 0 Å². The number of carboxylic acid groups (broad SMARTS) is 1. The zero-order chi connectivity index (χ0) is 13.3. The van der Waals surface area contributed by atoms with Crippen molar-refractivity contribution in [2.45, 2.75) is 31.6 Å². The number of carboxylic acids is 1. The molecule has 4 heteroatoms. The van der Waals surface area contributed by atoms with Crippen molar-refractivity contribution in [3.8, 4) is 11.5 Å². The van der Waals surface area contributed by atoms with Crippen molar-refractivity contribution < 1.29 is 19.4 Å². The molecular weight excluding hydrogens is 232 g/mol. The van der Waals surface area contributed by atoms with E-state index in [1.54, 1.807) is 14.2 Å². The van der Waals surface area contributed by atoms with E-state index in [1.165, 1.54) is 0 Å². The molecule has 1 aliphatic carbocycles. The molecule has 1 aromatic rings. The molecule has 1 fully saturated rings. The van der Waals surface area contributed by atoms with Crippen LogP contribution in [-0.4, -0.2) is 25.3 Å². The predicted molar refractivity (Wildman–Crippen MR) is 67.4 cm³/mol. The van der Waals surface area contributed by atoms with Crippen LogP contribution in [-0.2, 0) is 10.2 Å². The Kier molecular flexibility index (Phi) is 3.20. The van der Waals surface area contributed by atoms with Crippen molar-refractivity contribution in [3.05, 3.63) is 23.3 Å². The fourth-order valence-corrected chi connectivity index (χ4v) is 2.53. The van der Waals surface area contributed by atoms with E-state index in [4.69, 9.17) is 14.6 Å². The Morgan fingerprint density at radius 3 is 2.28 bits per heavy atom. The number of hydrogen-bond donors (Lipinski definition) is 1. The lowest BCUT2D eigenvalue weighted by Gasteiger charge is -2.19. The first kappa shape index (κ1) is 12.7. The predicted octanol–water partition coefficient (Wildman–Crippen LogP) is 2.52. The molecule has 98 valence electrons. The van der Waals surface area contributed by atoms with Crippen molar-refractivity contribution in [1.29, 1.82) is 0 Å². The fourth-order valence-electron chi connectivity index (χ4n) is 2.53. The number of hydrogen-bond acceptors (Lipinski definition) is 3. The van der Waals surface area contributed by atoms with Crippen molar-refractivity contribution in [3.63, 3.8) is 0 Å². The molecule has 0 bridgehead atoms. The zero-order valence-electron chi connectivity index (χ0n) is 10.9. The van der Waals surface area contributed by atoms with Gasteiger partial charge in [0.05, 0.1) is 20.6 Å². The monoisotopic (exact) mass is 250 g/mol. The molecule has 1 saturated carbocycles. The second-order valence-corrected chi connectivity index (χ2v) is 4.87. The van der Waals surface area contributed by atoms with Crippen molar-refractivity contribution in [2.75, 3.05) is 14.2 Å². The summed E-state index contributed by atoms with van der Waals surface area (Å²) in [6, 6.07) is 3.83. The van der Waals surface area contributed by atoms with Crippen LogP contribution in [0.25, 0.3) is 0 Å². The lowest BCUT2D eigenvalue weighted by Crippen LogP contribution is -2.14. The van der Waals surface area contributed by atoms with Crippen LogP contribution < -0.4 is 9.47 Å². The maximum atomic E-state index is 11.0. The van der Waals surface area contributed by atoms with Gasteiger partial charge in [0.1, 0.15) is 0 Å². The Hall–Kier alpha value is -1.71. The number of carbonyl (C=O) groups is 1. The molecule has 0 saturated heterocycles. The van der Waals surface area contributed by atoms with E-state index in [-0.39, 0.29) is 11.8 Å². The minimum absolute atomic E-state index is 0.184. The summed E-state index contributed by atoms with van der Waals surface area (Å²) in [5, 5.41) is 9.01. The smallest absolute Gasteiger partial charge is 0.304 e. The number of methoxy groups -OCH3 is 2. The van der Waals surface area contributed by atoms with E-state index in [2.05, 4.69) is 0 Å². The normalized spacial score (nSPS) is 16.2. The first-order valence-corrected chi connectivity index (χ1v) is 5.97. The van der Waals surface area contributed by atoms with Crippen molar-refractivity contribution in [1.82, 2.24) is 0 Å². The van der Waals surface area contributed by atoms with E-state index in [9.17, 15) is 4.79 Å². The second-order valence-electron chi connectivity index (χ2n) is 4.87. The molecule has 2 rings (SSSR count). The third-order valence-electron chi connectivity index (χ3n) is 3.65. The van der Waals surface area contributed by atoms with Gasteiger partial charge in [-0.1, -0.05) is 0 Å². The summed E-state index contributed by atoms with van der Waals surface area (Å²) in [5.41, 5.74) is 1.93. The Balaban J connectivity index is 2.42. The van der Waals surface area contributed by atoms with Crippen LogP contribution in [0, 0.1) is 6.92 Å². The molecule has 0 atom stereocenters. The molecule has 0 amide bonds. The van der Waals surface area contributed by atoms with E-state index < -0.39 is 5.97 Å². The van der Waals surface area contributed by atoms with E-state index in [1.807, 2.05) is 19.1 Å². The first-order valence-electron chi connectivity index (χ1n) is 5.97. The molecule has 4 nitrogen and oxygen atoms in total. The van der Waals surface area contributed by atoms with Gasteiger partial charge in [-0.15, -0.1) is 0 Å². The Morgan fingerprint density at radius 2 is 1.83 bits per heavy atom. The average molecular weight is 250 g/mol. The highest BCUT2D eigenvalue weighted by atomic mass is 16.5. The van der Waals surface area contributed by atoms with Crippen molar-refractivity contribution >= 4 is 5.97 Å². The van der Waals surface area contributed by atoms with Crippen LogP contribution in [0.2, 0.25) is 0 Å². The first-order chi connectivity index (χ1) is 8.52. The zero-order valence-corrected chi connectivity index (χ0v) is 10.9. The molecule has 0 unspecified atom stereocenters. The van der Waals surface area contributed by atoms with Crippen LogP contribution >= 0.6 is 0 Å². The van der Waals surface area contributed by atoms with E-state index in [0.717, 1.165) is 24.0 Å². The topological polar surface area (TPSA) is 55.8 Å². The Bertz CT molecular complexity index is 475. The molecule has 1 aliphatic rings. The molecule has 0 spiro atoms. The summed E-state index contributed by atoms with van der Waals surface area (Å²) < 4.78 is 10.5. The van der Waals surface area contributed by atoms with Crippen LogP contribution in [0.5, 0.6) is 11.5 Å². The standard InChI is InChI=1S/C14H18O4/c1-9-6-11(17-2)12(18-3)7-10(9)14(4-5-14)8-13(15)16/h6-7H,4-5,8H2,1-3H3,(H,15,16). The average Bonchev–Trinajstić information content (AvgIpc) is 3.08. The minimum Gasteiger partial charge on any atom is -0.493 e. The summed E-state index contributed by atoms with van der Waals surface area (Å²) >= 11 is 0. The van der Waals surface area contributed by atoms with Gasteiger partial charge in [-0.2, -0.15) is 0 Å². The van der Waals surface area contributed by atoms with Gasteiger partial charge in [0.2, 0.25) is 0 Å². The number of ether oxygens (including phenoxy) is 2. The summed E-state index contributed by atoms with van der Waals surface area (Å²) in [6.45, 7) is 1.99. The van der Waals surface area contributed by atoms with Crippen molar-refractivity contribution in [2.24, 2.45) is 0 Å². The quantitative estimate of drug-likeness (QED) is 0.872. The fraction of sp³-hybridized carbons (Fsp3) is 0.500. The van der Waals surface area contributed by atoms with Gasteiger partial charge in [-0.3, -0.25) is 4.79 Å². The molecule has 0 radical (unpaired) electrons. The van der Waals surface area contributed by atoms with Gasteiger partial charge < -0.3 is 14.6 Å². The van der Waals surface area contributed by atoms with Gasteiger partial charge in [0.15, 0.2) is 11.5 Å². The molecule has 1 N–H and O–H groups in total. The van der Waals surface area contributed by atoms with Gasteiger partial charge in [-0.05, 0) is 43.0 Å². The Labute approximate surface area is 107 Å². The van der Waals surface area contributed by atoms with Crippen LogP contribution in [0.15, 0.2) is 12.1 Å². The second kappa shape index (κ2) is 4.52. The van der Waals surface area contributed by atoms with Gasteiger partial charge in [0.25, 0.3) is 0 Å². The molecule has 0 aliphatic heterocycles. The minimum atomic E-state index is -0.748. The van der Waals surface area contributed by atoms with Crippen LogP contribution in [0.4, 0.5) is 0 Å². The third kappa shape index (κ3) is 2.15. The van der Waals surface area contributed by atoms with Crippen LogP contribution in [0.3, 0.4) is 0 Å². The molecule has 1 aromatic carbocycles. The maximum Gasteiger partial charge on any atom is 0.304 e. The third-order valence-corrected chi connectivity index (χ3v) is 3.65. The molecule has 18 heavy (non-hydrogen) atoms.